The number of pyridine rings is 1. The number of halogens is 3. The lowest BCUT2D eigenvalue weighted by molar-refractivity contribution is -0.192. The first-order valence-corrected chi connectivity index (χ1v) is 6.68. The van der Waals surface area contributed by atoms with E-state index in [2.05, 4.69) is 33.4 Å². The third-order valence-corrected chi connectivity index (χ3v) is 2.93. The van der Waals surface area contributed by atoms with Gasteiger partial charge < -0.3 is 5.11 Å². The zero-order valence-corrected chi connectivity index (χ0v) is 12.2. The highest BCUT2D eigenvalue weighted by Crippen LogP contribution is 2.24. The lowest BCUT2D eigenvalue weighted by Gasteiger charge is -2.03. The first-order chi connectivity index (χ1) is 11.4. The summed E-state index contributed by atoms with van der Waals surface area (Å²) in [4.78, 5) is 12.9. The Balaban J connectivity index is 0.000000256. The Hall–Kier alpha value is -3.16. The number of benzene rings is 1. The standard InChI is InChI=1S/C14H11N3.C2HF3O2/c1-2-12(11-4-7-15-8-5-11)10-13(3-1)14-6-9-16-17-14;3-2(4,5)1(6)7/h1-10H,(H,16,17);(H,6,7). The van der Waals surface area contributed by atoms with Gasteiger partial charge in [0.15, 0.2) is 0 Å². The number of aromatic nitrogens is 3. The molecule has 2 N–H and O–H groups in total. The van der Waals surface area contributed by atoms with Crippen LogP contribution >= 0.6 is 0 Å². The van der Waals surface area contributed by atoms with E-state index < -0.39 is 12.1 Å². The lowest BCUT2D eigenvalue weighted by atomic mass is 10.0. The lowest BCUT2D eigenvalue weighted by Crippen LogP contribution is -2.21. The van der Waals surface area contributed by atoms with E-state index in [0.717, 1.165) is 11.3 Å². The number of carboxylic acids is 1. The van der Waals surface area contributed by atoms with Crippen LogP contribution in [0.3, 0.4) is 0 Å². The van der Waals surface area contributed by atoms with Crippen LogP contribution in [0.5, 0.6) is 0 Å². The highest BCUT2D eigenvalue weighted by atomic mass is 19.4. The number of aromatic amines is 1. The topological polar surface area (TPSA) is 78.9 Å². The molecule has 2 heterocycles. The van der Waals surface area contributed by atoms with E-state index in [1.807, 2.05) is 24.3 Å². The minimum absolute atomic E-state index is 1.03. The zero-order chi connectivity index (χ0) is 17.6. The number of hydrogen-bond donors (Lipinski definition) is 2. The van der Waals surface area contributed by atoms with Crippen LogP contribution in [-0.4, -0.2) is 32.4 Å². The predicted octanol–water partition coefficient (Wildman–Crippen LogP) is 3.77. The highest BCUT2D eigenvalue weighted by Gasteiger charge is 2.38. The van der Waals surface area contributed by atoms with Gasteiger partial charge in [-0.25, -0.2) is 4.79 Å². The molecule has 24 heavy (non-hydrogen) atoms. The monoisotopic (exact) mass is 335 g/mol. The third-order valence-electron chi connectivity index (χ3n) is 2.93. The Kier molecular flexibility index (Phi) is 5.31. The number of hydrogen-bond acceptors (Lipinski definition) is 3. The van der Waals surface area contributed by atoms with Gasteiger partial charge in [-0.2, -0.15) is 18.3 Å². The summed E-state index contributed by atoms with van der Waals surface area (Å²) in [7, 11) is 0. The molecule has 0 bridgehead atoms. The van der Waals surface area contributed by atoms with Gasteiger partial charge in [0.2, 0.25) is 0 Å². The van der Waals surface area contributed by atoms with Crippen LogP contribution in [0.2, 0.25) is 0 Å². The van der Waals surface area contributed by atoms with Crippen molar-refractivity contribution in [3.05, 3.63) is 61.1 Å². The Bertz CT molecular complexity index is 788. The normalized spacial score (nSPS) is 10.6. The van der Waals surface area contributed by atoms with E-state index in [1.165, 1.54) is 11.1 Å². The molecule has 8 heteroatoms. The van der Waals surface area contributed by atoms with Crippen LogP contribution in [0, 0.1) is 0 Å². The smallest absolute Gasteiger partial charge is 0.475 e. The number of nitrogens with one attached hydrogen (secondary N) is 1. The SMILES string of the molecule is O=C(O)C(F)(F)F.c1cc(-c2ccncc2)cc(-c2ccn[nH]2)c1. The average molecular weight is 335 g/mol. The molecule has 0 fully saturated rings. The molecule has 2 aromatic heterocycles. The molecule has 3 rings (SSSR count). The first-order valence-electron chi connectivity index (χ1n) is 6.68. The first kappa shape index (κ1) is 17.2. The molecule has 0 saturated heterocycles. The van der Waals surface area contributed by atoms with E-state index in [0.29, 0.717) is 0 Å². The van der Waals surface area contributed by atoms with Crippen LogP contribution in [0.1, 0.15) is 0 Å². The van der Waals surface area contributed by atoms with Gasteiger partial charge >= 0.3 is 12.1 Å². The fourth-order valence-corrected chi connectivity index (χ4v) is 1.83. The Morgan fingerprint density at radius 1 is 0.958 bits per heavy atom. The number of alkyl halides is 3. The summed E-state index contributed by atoms with van der Waals surface area (Å²) in [6.07, 6.45) is 0.283. The summed E-state index contributed by atoms with van der Waals surface area (Å²) in [6.45, 7) is 0. The van der Waals surface area contributed by atoms with Crippen LogP contribution in [0.25, 0.3) is 22.4 Å². The van der Waals surface area contributed by atoms with Gasteiger partial charge in [0, 0.05) is 24.2 Å². The Labute approximate surface area is 134 Å². The molecule has 0 spiro atoms. The van der Waals surface area contributed by atoms with Gasteiger partial charge in [0.25, 0.3) is 0 Å². The molecule has 1 aromatic carbocycles. The second-order valence-corrected chi connectivity index (χ2v) is 4.59. The number of nitrogens with zero attached hydrogens (tertiary/aromatic N) is 2. The van der Waals surface area contributed by atoms with Crippen molar-refractivity contribution in [2.45, 2.75) is 6.18 Å². The highest BCUT2D eigenvalue weighted by molar-refractivity contribution is 5.73. The second kappa shape index (κ2) is 7.40. The molecule has 124 valence electrons. The molecule has 0 atom stereocenters. The predicted molar refractivity (Wildman–Crippen MR) is 80.9 cm³/mol. The van der Waals surface area contributed by atoms with E-state index in [1.54, 1.807) is 18.6 Å². The molecule has 0 aliphatic rings. The van der Waals surface area contributed by atoms with Crippen LogP contribution in [-0.2, 0) is 4.79 Å². The average Bonchev–Trinajstić information content (AvgIpc) is 3.10. The summed E-state index contributed by atoms with van der Waals surface area (Å²) in [6, 6.07) is 14.3. The van der Waals surface area contributed by atoms with Crippen molar-refractivity contribution in [1.82, 2.24) is 15.2 Å². The van der Waals surface area contributed by atoms with Gasteiger partial charge in [-0.15, -0.1) is 0 Å². The molecule has 0 radical (unpaired) electrons. The van der Waals surface area contributed by atoms with E-state index >= 15 is 0 Å². The minimum atomic E-state index is -5.08. The number of H-pyrrole nitrogens is 1. The zero-order valence-electron chi connectivity index (χ0n) is 12.2. The fraction of sp³-hybridized carbons (Fsp3) is 0.0625. The van der Waals surface area contributed by atoms with Crippen molar-refractivity contribution >= 4 is 5.97 Å². The van der Waals surface area contributed by atoms with Crippen molar-refractivity contribution in [3.8, 4) is 22.4 Å². The van der Waals surface area contributed by atoms with Gasteiger partial charge in [-0.05, 0) is 35.4 Å². The van der Waals surface area contributed by atoms with E-state index in [4.69, 9.17) is 9.90 Å². The van der Waals surface area contributed by atoms with Crippen molar-refractivity contribution in [2.75, 3.05) is 0 Å². The maximum atomic E-state index is 10.6. The minimum Gasteiger partial charge on any atom is -0.475 e. The Morgan fingerprint density at radius 2 is 1.58 bits per heavy atom. The molecular weight excluding hydrogens is 323 g/mol. The largest absolute Gasteiger partial charge is 0.490 e. The van der Waals surface area contributed by atoms with Gasteiger partial charge in [-0.3, -0.25) is 10.1 Å². The van der Waals surface area contributed by atoms with Crippen molar-refractivity contribution in [3.63, 3.8) is 0 Å². The van der Waals surface area contributed by atoms with Gasteiger partial charge in [0.05, 0.1) is 5.69 Å². The van der Waals surface area contributed by atoms with Crippen molar-refractivity contribution in [2.24, 2.45) is 0 Å². The molecule has 0 aliphatic heterocycles. The van der Waals surface area contributed by atoms with Gasteiger partial charge in [-0.1, -0.05) is 18.2 Å². The van der Waals surface area contributed by atoms with E-state index in [-0.39, 0.29) is 0 Å². The summed E-state index contributed by atoms with van der Waals surface area (Å²) >= 11 is 0. The quantitative estimate of drug-likeness (QED) is 0.747. The second-order valence-electron chi connectivity index (χ2n) is 4.59. The number of carboxylic acid groups (broad SMARTS) is 1. The molecule has 0 saturated carbocycles. The van der Waals surface area contributed by atoms with Crippen molar-refractivity contribution in [1.29, 1.82) is 0 Å². The number of carbonyl (C=O) groups is 1. The molecule has 0 amide bonds. The maximum absolute atomic E-state index is 10.6. The van der Waals surface area contributed by atoms with Crippen molar-refractivity contribution < 1.29 is 23.1 Å². The van der Waals surface area contributed by atoms with Gasteiger partial charge in [0.1, 0.15) is 0 Å². The van der Waals surface area contributed by atoms with E-state index in [9.17, 15) is 13.2 Å². The molecule has 3 aromatic rings. The van der Waals surface area contributed by atoms with Crippen LogP contribution in [0.15, 0.2) is 61.1 Å². The summed E-state index contributed by atoms with van der Waals surface area (Å²) in [5, 5.41) is 14.1. The molecule has 5 nitrogen and oxygen atoms in total. The summed E-state index contributed by atoms with van der Waals surface area (Å²) < 4.78 is 31.7. The Morgan fingerprint density at radius 3 is 2.12 bits per heavy atom. The number of rotatable bonds is 2. The molecule has 0 unspecified atom stereocenters. The number of aliphatic carboxylic acids is 1. The van der Waals surface area contributed by atoms with Crippen LogP contribution in [0.4, 0.5) is 13.2 Å². The summed E-state index contributed by atoms with van der Waals surface area (Å²) in [5.74, 6) is -2.76. The maximum Gasteiger partial charge on any atom is 0.490 e. The molecular formula is C16H12F3N3O2. The van der Waals surface area contributed by atoms with Crippen LogP contribution < -0.4 is 0 Å². The third kappa shape index (κ3) is 4.67. The fourth-order valence-electron chi connectivity index (χ4n) is 1.83. The molecule has 0 aliphatic carbocycles. The summed E-state index contributed by atoms with van der Waals surface area (Å²) in [5.41, 5.74) is 4.51.